The van der Waals surface area contributed by atoms with E-state index in [2.05, 4.69) is 19.2 Å². The zero-order chi connectivity index (χ0) is 16.3. The maximum Gasteiger partial charge on any atom is 0.279 e. The highest BCUT2D eigenvalue weighted by atomic mass is 32.2. The van der Waals surface area contributed by atoms with Crippen LogP contribution in [0, 0.1) is 11.8 Å². The maximum atomic E-state index is 12.2. The fourth-order valence-corrected chi connectivity index (χ4v) is 3.97. The highest BCUT2D eigenvalue weighted by Gasteiger charge is 2.26. The molecule has 1 saturated heterocycles. The van der Waals surface area contributed by atoms with Gasteiger partial charge in [0.2, 0.25) is 0 Å². The van der Waals surface area contributed by atoms with Gasteiger partial charge in [0, 0.05) is 23.8 Å². The van der Waals surface area contributed by atoms with Crippen molar-refractivity contribution in [1.29, 1.82) is 0 Å². The van der Waals surface area contributed by atoms with Gasteiger partial charge >= 0.3 is 0 Å². The smallest absolute Gasteiger partial charge is 0.279 e. The third-order valence-electron chi connectivity index (χ3n) is 4.04. The number of carbonyl (C=O) groups is 1. The van der Waals surface area contributed by atoms with Gasteiger partial charge < -0.3 is 10.2 Å². The molecule has 0 radical (unpaired) electrons. The maximum absolute atomic E-state index is 12.2. The number of benzene rings is 1. The van der Waals surface area contributed by atoms with E-state index in [1.165, 1.54) is 23.5 Å². The zero-order valence-corrected chi connectivity index (χ0v) is 14.2. The normalized spacial score (nSPS) is 25.7. The molecule has 2 rings (SSSR count). The van der Waals surface area contributed by atoms with Crippen molar-refractivity contribution in [1.82, 2.24) is 0 Å². The van der Waals surface area contributed by atoms with E-state index >= 15 is 0 Å². The monoisotopic (exact) mass is 325 g/mol. The highest BCUT2D eigenvalue weighted by molar-refractivity contribution is 7.90. The number of likely N-dealkylation sites (tertiary alicyclic amines) is 1. The molecule has 122 valence electrons. The molecular weight excluding hydrogens is 300 g/mol. The molecule has 1 aromatic carbocycles. The van der Waals surface area contributed by atoms with Crippen LogP contribution in [0.3, 0.4) is 0 Å². The van der Waals surface area contributed by atoms with Crippen molar-refractivity contribution in [3.63, 3.8) is 0 Å². The van der Waals surface area contributed by atoms with Gasteiger partial charge in [0.15, 0.2) is 16.4 Å². The van der Waals surface area contributed by atoms with Gasteiger partial charge in [0.25, 0.3) is 5.91 Å². The minimum Gasteiger partial charge on any atom is -0.327 e. The Morgan fingerprint density at radius 2 is 1.91 bits per heavy atom. The van der Waals surface area contributed by atoms with Crippen molar-refractivity contribution in [2.75, 3.05) is 31.2 Å². The predicted octanol–water partition coefficient (Wildman–Crippen LogP) is 0.589. The topological polar surface area (TPSA) is 67.7 Å². The van der Waals surface area contributed by atoms with Crippen molar-refractivity contribution in [2.24, 2.45) is 11.8 Å². The van der Waals surface area contributed by atoms with Crippen LogP contribution in [0.1, 0.15) is 20.3 Å². The van der Waals surface area contributed by atoms with Crippen molar-refractivity contribution in [3.8, 4) is 0 Å². The molecule has 0 aromatic heterocycles. The molecule has 0 saturated carbocycles. The average molecular weight is 325 g/mol. The molecule has 2 N–H and O–H groups in total. The number of hydrogen-bond donors (Lipinski definition) is 2. The molecular formula is C16H25N2O3S+. The van der Waals surface area contributed by atoms with E-state index in [9.17, 15) is 13.2 Å². The van der Waals surface area contributed by atoms with Gasteiger partial charge in [-0.15, -0.1) is 0 Å². The van der Waals surface area contributed by atoms with Gasteiger partial charge in [0.05, 0.1) is 18.0 Å². The minimum atomic E-state index is -3.26. The van der Waals surface area contributed by atoms with Crippen molar-refractivity contribution >= 4 is 21.4 Å². The number of rotatable bonds is 4. The summed E-state index contributed by atoms with van der Waals surface area (Å²) in [4.78, 5) is 13.7. The lowest BCUT2D eigenvalue weighted by Crippen LogP contribution is -3.15. The Labute approximate surface area is 132 Å². The van der Waals surface area contributed by atoms with E-state index in [4.69, 9.17) is 0 Å². The largest absolute Gasteiger partial charge is 0.327 e. The van der Waals surface area contributed by atoms with Crippen LogP contribution < -0.4 is 10.2 Å². The first-order valence-corrected chi connectivity index (χ1v) is 9.56. The van der Waals surface area contributed by atoms with Gasteiger partial charge in [0.1, 0.15) is 0 Å². The van der Waals surface area contributed by atoms with E-state index in [0.29, 0.717) is 24.1 Å². The Morgan fingerprint density at radius 3 is 2.50 bits per heavy atom. The Bertz CT molecular complexity index is 633. The molecule has 22 heavy (non-hydrogen) atoms. The number of carbonyl (C=O) groups excluding carboxylic acids is 1. The van der Waals surface area contributed by atoms with E-state index < -0.39 is 9.84 Å². The Kier molecular flexibility index (Phi) is 5.24. The quantitative estimate of drug-likeness (QED) is 0.851. The van der Waals surface area contributed by atoms with Crippen LogP contribution >= 0.6 is 0 Å². The number of hydrogen-bond acceptors (Lipinski definition) is 3. The molecule has 0 aliphatic carbocycles. The van der Waals surface area contributed by atoms with Gasteiger partial charge in [-0.1, -0.05) is 19.9 Å². The zero-order valence-electron chi connectivity index (χ0n) is 13.4. The third kappa shape index (κ3) is 4.81. The van der Waals surface area contributed by atoms with Crippen LogP contribution in [0.4, 0.5) is 5.69 Å². The molecule has 0 bridgehead atoms. The van der Waals surface area contributed by atoms with Crippen LogP contribution in [0.25, 0.3) is 0 Å². The summed E-state index contributed by atoms with van der Waals surface area (Å²) in [6.07, 6.45) is 2.39. The van der Waals surface area contributed by atoms with Crippen molar-refractivity contribution in [3.05, 3.63) is 24.3 Å². The highest BCUT2D eigenvalue weighted by Crippen LogP contribution is 2.15. The van der Waals surface area contributed by atoms with Crippen LogP contribution in [0.5, 0.6) is 0 Å². The minimum absolute atomic E-state index is 0.0676. The van der Waals surface area contributed by atoms with Gasteiger partial charge in [-0.3, -0.25) is 4.79 Å². The lowest BCUT2D eigenvalue weighted by Gasteiger charge is -2.31. The number of amides is 1. The number of nitrogens with one attached hydrogen (secondary N) is 2. The fourth-order valence-electron chi connectivity index (χ4n) is 3.30. The number of sulfone groups is 1. The predicted molar refractivity (Wildman–Crippen MR) is 86.7 cm³/mol. The summed E-state index contributed by atoms with van der Waals surface area (Å²) in [7, 11) is -3.26. The van der Waals surface area contributed by atoms with Gasteiger partial charge in [-0.2, -0.15) is 0 Å². The second-order valence-corrected chi connectivity index (χ2v) is 8.64. The van der Waals surface area contributed by atoms with E-state index in [1.807, 2.05) is 0 Å². The molecule has 2 atom stereocenters. The average Bonchev–Trinajstić information content (AvgIpc) is 2.36. The number of quaternary nitrogens is 1. The van der Waals surface area contributed by atoms with E-state index in [0.717, 1.165) is 19.3 Å². The molecule has 1 amide bonds. The lowest BCUT2D eigenvalue weighted by atomic mass is 9.92. The van der Waals surface area contributed by atoms with Gasteiger partial charge in [-0.25, -0.2) is 8.42 Å². The summed E-state index contributed by atoms with van der Waals surface area (Å²) >= 11 is 0. The Morgan fingerprint density at radius 1 is 1.27 bits per heavy atom. The van der Waals surface area contributed by atoms with Crippen molar-refractivity contribution in [2.45, 2.75) is 25.2 Å². The van der Waals surface area contributed by atoms with Crippen LogP contribution in [-0.2, 0) is 14.6 Å². The van der Waals surface area contributed by atoms with Crippen LogP contribution in [0.15, 0.2) is 29.2 Å². The second-order valence-electron chi connectivity index (χ2n) is 6.63. The van der Waals surface area contributed by atoms with Gasteiger partial charge in [-0.05, 0) is 24.6 Å². The summed E-state index contributed by atoms with van der Waals surface area (Å²) in [6, 6.07) is 6.39. The molecule has 0 unspecified atom stereocenters. The molecule has 1 aromatic rings. The molecule has 1 aliphatic heterocycles. The third-order valence-corrected chi connectivity index (χ3v) is 5.15. The molecule has 1 heterocycles. The summed E-state index contributed by atoms with van der Waals surface area (Å²) in [6.45, 7) is 6.91. The lowest BCUT2D eigenvalue weighted by molar-refractivity contribution is -0.904. The number of piperidine rings is 1. The first kappa shape index (κ1) is 17.0. The van der Waals surface area contributed by atoms with Crippen molar-refractivity contribution < 1.29 is 18.1 Å². The van der Waals surface area contributed by atoms with Crippen LogP contribution in [-0.4, -0.2) is 40.2 Å². The standard InChI is InChI=1S/C16H24N2O3S/c1-12-7-13(2)10-18(9-12)11-16(19)17-14-5-4-6-15(8-14)22(3,20)21/h4-6,8,12-13H,7,9-11H2,1-3H3,(H,17,19)/p+1/t12-,13-/m1/s1. The fraction of sp³-hybridized carbons (Fsp3) is 0.562. The number of anilines is 1. The second kappa shape index (κ2) is 6.79. The SMILES string of the molecule is C[C@@H]1C[C@@H](C)C[NH+](CC(=O)Nc2cccc(S(C)(=O)=O)c2)C1. The molecule has 1 fully saturated rings. The summed E-state index contributed by atoms with van der Waals surface area (Å²) < 4.78 is 23.1. The summed E-state index contributed by atoms with van der Waals surface area (Å²) in [5.41, 5.74) is 0.533. The molecule has 1 aliphatic rings. The van der Waals surface area contributed by atoms with E-state index in [1.54, 1.807) is 12.1 Å². The summed E-state index contributed by atoms with van der Waals surface area (Å²) in [5.74, 6) is 1.21. The Balaban J connectivity index is 1.97. The molecule has 5 nitrogen and oxygen atoms in total. The molecule has 0 spiro atoms. The first-order chi connectivity index (χ1) is 10.2. The summed E-state index contributed by atoms with van der Waals surface area (Å²) in [5, 5.41) is 2.81. The van der Waals surface area contributed by atoms with Crippen LogP contribution in [0.2, 0.25) is 0 Å². The van der Waals surface area contributed by atoms with E-state index in [-0.39, 0.29) is 10.8 Å². The Hall–Kier alpha value is -1.40. The molecule has 6 heteroatoms. The first-order valence-electron chi connectivity index (χ1n) is 7.67.